The summed E-state index contributed by atoms with van der Waals surface area (Å²) in [6.07, 6.45) is -1.10. The van der Waals surface area contributed by atoms with Crippen LogP contribution in [0.1, 0.15) is 27.2 Å². The third-order valence-corrected chi connectivity index (χ3v) is 5.71. The Kier molecular flexibility index (Phi) is 5.31. The number of carbonyl (C=O) groups excluding carboxylic acids is 1. The van der Waals surface area contributed by atoms with Crippen LogP contribution in [0, 0.1) is 6.92 Å². The first kappa shape index (κ1) is 21.7. The van der Waals surface area contributed by atoms with E-state index >= 15 is 0 Å². The third-order valence-electron chi connectivity index (χ3n) is 5.71. The van der Waals surface area contributed by atoms with Crippen molar-refractivity contribution in [3.63, 3.8) is 0 Å². The highest BCUT2D eigenvalue weighted by Crippen LogP contribution is 2.32. The molecule has 1 amide bonds. The molecule has 0 spiro atoms. The van der Waals surface area contributed by atoms with Crippen molar-refractivity contribution in [2.24, 2.45) is 0 Å². The fourth-order valence-corrected chi connectivity index (χ4v) is 3.94. The minimum Gasteiger partial charge on any atom is -0.361 e. The number of H-pyrrole nitrogens is 1. The largest absolute Gasteiger partial charge is 0.433 e. The van der Waals surface area contributed by atoms with Gasteiger partial charge in [-0.2, -0.15) is 18.3 Å². The van der Waals surface area contributed by atoms with Crippen molar-refractivity contribution in [1.29, 1.82) is 0 Å². The second-order valence-electron chi connectivity index (χ2n) is 8.05. The van der Waals surface area contributed by atoms with Crippen LogP contribution >= 0.6 is 0 Å². The Morgan fingerprint density at radius 2 is 1.88 bits per heavy atom. The molecule has 0 saturated heterocycles. The molecule has 0 aliphatic rings. The van der Waals surface area contributed by atoms with Crippen molar-refractivity contribution in [3.05, 3.63) is 89.4 Å². The molecule has 3 heterocycles. The van der Waals surface area contributed by atoms with Crippen molar-refractivity contribution in [2.45, 2.75) is 19.5 Å². The molecule has 0 atom stereocenters. The molecule has 0 bridgehead atoms. The maximum atomic E-state index is 13.8. The number of aryl methyl sites for hydroxylation is 1. The summed E-state index contributed by atoms with van der Waals surface area (Å²) in [5.74, 6) is -0.531. The number of alkyl halides is 3. The van der Waals surface area contributed by atoms with Crippen molar-refractivity contribution in [1.82, 2.24) is 24.9 Å². The highest BCUT2D eigenvalue weighted by atomic mass is 19.4. The van der Waals surface area contributed by atoms with E-state index in [1.807, 2.05) is 37.4 Å². The average Bonchev–Trinajstić information content (AvgIpc) is 3.42. The number of aromatic amines is 1. The predicted octanol–water partition coefficient (Wildman–Crippen LogP) is 5.18. The molecule has 5 rings (SSSR count). The quantitative estimate of drug-likeness (QED) is 0.377. The minimum absolute atomic E-state index is 0.0154. The van der Waals surface area contributed by atoms with Gasteiger partial charge >= 0.3 is 6.18 Å². The van der Waals surface area contributed by atoms with Crippen LogP contribution in [-0.4, -0.2) is 32.0 Å². The Labute approximate surface area is 192 Å². The normalized spacial score (nSPS) is 11.9. The first-order valence-electron chi connectivity index (χ1n) is 10.7. The van der Waals surface area contributed by atoms with Gasteiger partial charge in [0.25, 0.3) is 5.91 Å². The molecule has 34 heavy (non-hydrogen) atoms. The second kappa shape index (κ2) is 8.33. The molecule has 0 saturated carbocycles. The summed E-state index contributed by atoms with van der Waals surface area (Å²) in [4.78, 5) is 20.4. The van der Waals surface area contributed by atoms with Gasteiger partial charge in [0.15, 0.2) is 11.3 Å². The summed E-state index contributed by atoms with van der Waals surface area (Å²) < 4.78 is 42.0. The maximum absolute atomic E-state index is 13.8. The highest BCUT2D eigenvalue weighted by Gasteiger charge is 2.36. The highest BCUT2D eigenvalue weighted by molar-refractivity contribution is 6.00. The van der Waals surface area contributed by atoms with Crippen LogP contribution in [0.2, 0.25) is 0 Å². The number of benzene rings is 2. The molecule has 3 aromatic heterocycles. The SMILES string of the molecule is Cc1ccc(-c2cc(C(F)(F)F)n3ncc(C(=O)NCCc4c[nH]c5ccccc45)c3n2)cc1. The monoisotopic (exact) mass is 463 g/mol. The van der Waals surface area contributed by atoms with Gasteiger partial charge in [0.1, 0.15) is 5.56 Å². The van der Waals surface area contributed by atoms with E-state index in [2.05, 4.69) is 20.4 Å². The summed E-state index contributed by atoms with van der Waals surface area (Å²) in [7, 11) is 0. The van der Waals surface area contributed by atoms with Crippen molar-refractivity contribution >= 4 is 22.5 Å². The van der Waals surface area contributed by atoms with Gasteiger partial charge in [-0.1, -0.05) is 48.0 Å². The minimum atomic E-state index is -4.67. The molecule has 0 aliphatic heterocycles. The number of hydrogen-bond donors (Lipinski definition) is 2. The summed E-state index contributed by atoms with van der Waals surface area (Å²) in [6.45, 7) is 2.19. The molecule has 0 unspecified atom stereocenters. The van der Waals surface area contributed by atoms with E-state index in [0.717, 1.165) is 34.3 Å². The fourth-order valence-electron chi connectivity index (χ4n) is 3.94. The lowest BCUT2D eigenvalue weighted by Gasteiger charge is -2.12. The number of aromatic nitrogens is 4. The Balaban J connectivity index is 1.45. The van der Waals surface area contributed by atoms with Gasteiger partial charge in [0.05, 0.1) is 11.9 Å². The predicted molar refractivity (Wildman–Crippen MR) is 122 cm³/mol. The zero-order valence-electron chi connectivity index (χ0n) is 18.1. The van der Waals surface area contributed by atoms with E-state index in [4.69, 9.17) is 0 Å². The lowest BCUT2D eigenvalue weighted by Crippen LogP contribution is -2.26. The second-order valence-corrected chi connectivity index (χ2v) is 8.05. The molecule has 5 aromatic rings. The summed E-state index contributed by atoms with van der Waals surface area (Å²) in [6, 6.07) is 15.8. The fraction of sp³-hybridized carbons (Fsp3) is 0.160. The zero-order valence-corrected chi connectivity index (χ0v) is 18.1. The molecular weight excluding hydrogens is 443 g/mol. The van der Waals surface area contributed by atoms with Crippen LogP contribution in [0.25, 0.3) is 27.8 Å². The molecule has 2 aromatic carbocycles. The Morgan fingerprint density at radius 3 is 2.65 bits per heavy atom. The number of carbonyl (C=O) groups is 1. The number of amides is 1. The third kappa shape index (κ3) is 4.00. The Morgan fingerprint density at radius 1 is 1.12 bits per heavy atom. The lowest BCUT2D eigenvalue weighted by molar-refractivity contribution is -0.142. The van der Waals surface area contributed by atoms with Gasteiger partial charge in [-0.05, 0) is 31.0 Å². The molecule has 172 valence electrons. The lowest BCUT2D eigenvalue weighted by atomic mass is 10.1. The number of nitrogens with zero attached hydrogens (tertiary/aromatic N) is 3. The van der Waals surface area contributed by atoms with Crippen LogP contribution in [0.4, 0.5) is 13.2 Å². The van der Waals surface area contributed by atoms with Gasteiger partial charge < -0.3 is 10.3 Å². The van der Waals surface area contributed by atoms with Crippen LogP contribution in [0.15, 0.2) is 67.0 Å². The van der Waals surface area contributed by atoms with Crippen molar-refractivity contribution < 1.29 is 18.0 Å². The molecule has 0 radical (unpaired) electrons. The molecule has 9 heteroatoms. The van der Waals surface area contributed by atoms with Gasteiger partial charge in [0.2, 0.25) is 0 Å². The first-order valence-corrected chi connectivity index (χ1v) is 10.7. The molecule has 6 nitrogen and oxygen atoms in total. The van der Waals surface area contributed by atoms with Crippen LogP contribution in [0.5, 0.6) is 0 Å². The van der Waals surface area contributed by atoms with Gasteiger partial charge in [0, 0.05) is 29.2 Å². The van der Waals surface area contributed by atoms with E-state index in [0.29, 0.717) is 23.0 Å². The maximum Gasteiger partial charge on any atom is 0.433 e. The standard InChI is InChI=1S/C25H20F3N5O/c1-15-6-8-16(9-7-15)21-12-22(25(26,27)28)33-23(32-21)19(14-31-33)24(34)29-11-10-17-13-30-20-5-3-2-4-18(17)20/h2-9,12-14,30H,10-11H2,1H3,(H,29,34). The number of nitrogens with one attached hydrogen (secondary N) is 2. The smallest absolute Gasteiger partial charge is 0.361 e. The van der Waals surface area contributed by atoms with E-state index in [9.17, 15) is 18.0 Å². The summed E-state index contributed by atoms with van der Waals surface area (Å²) >= 11 is 0. The molecule has 0 fully saturated rings. The van der Waals surface area contributed by atoms with E-state index in [-0.39, 0.29) is 16.9 Å². The summed E-state index contributed by atoms with van der Waals surface area (Å²) in [5, 5.41) is 7.66. The van der Waals surface area contributed by atoms with Crippen LogP contribution in [-0.2, 0) is 12.6 Å². The van der Waals surface area contributed by atoms with Gasteiger partial charge in [-0.15, -0.1) is 0 Å². The molecular formula is C25H20F3N5O. The number of hydrogen-bond acceptors (Lipinski definition) is 3. The van der Waals surface area contributed by atoms with Gasteiger partial charge in [-0.3, -0.25) is 4.79 Å². The molecule has 2 N–H and O–H groups in total. The summed E-state index contributed by atoms with van der Waals surface area (Å²) in [5.41, 5.74) is 2.49. The van der Waals surface area contributed by atoms with Crippen molar-refractivity contribution in [2.75, 3.05) is 6.54 Å². The Hall–Kier alpha value is -4.14. The molecule has 0 aliphatic carbocycles. The number of halogens is 3. The number of fused-ring (bicyclic) bond motifs is 2. The number of para-hydroxylation sites is 1. The number of rotatable bonds is 5. The van der Waals surface area contributed by atoms with E-state index in [1.54, 1.807) is 24.3 Å². The topological polar surface area (TPSA) is 75.1 Å². The Bertz CT molecular complexity index is 1500. The van der Waals surface area contributed by atoms with E-state index in [1.165, 1.54) is 0 Å². The average molecular weight is 463 g/mol. The van der Waals surface area contributed by atoms with Gasteiger partial charge in [-0.25, -0.2) is 9.50 Å². The van der Waals surface area contributed by atoms with Crippen molar-refractivity contribution in [3.8, 4) is 11.3 Å². The zero-order chi connectivity index (χ0) is 23.9. The van der Waals surface area contributed by atoms with Crippen LogP contribution < -0.4 is 5.32 Å². The van der Waals surface area contributed by atoms with Crippen LogP contribution in [0.3, 0.4) is 0 Å². The first-order chi connectivity index (χ1) is 16.3. The van der Waals surface area contributed by atoms with E-state index < -0.39 is 17.8 Å².